The molecule has 162 valence electrons. The van der Waals surface area contributed by atoms with Crippen LogP contribution in [0.1, 0.15) is 33.1 Å². The molecule has 0 spiro atoms. The first-order chi connectivity index (χ1) is 14.9. The lowest BCUT2D eigenvalue weighted by molar-refractivity contribution is -0.124. The molecule has 3 rings (SSSR count). The van der Waals surface area contributed by atoms with E-state index in [-0.39, 0.29) is 24.7 Å². The first-order valence-electron chi connectivity index (χ1n) is 10.4. The Bertz CT molecular complexity index is 1010. The zero-order valence-electron chi connectivity index (χ0n) is 17.8. The van der Waals surface area contributed by atoms with Crippen LogP contribution < -0.4 is 10.6 Å². The molecule has 0 aliphatic heterocycles. The molecule has 2 aromatic carbocycles. The summed E-state index contributed by atoms with van der Waals surface area (Å²) in [6.45, 7) is 4.84. The Kier molecular flexibility index (Phi) is 7.84. The maximum Gasteiger partial charge on any atom is 0.226 e. The number of rotatable bonds is 9. The number of carbonyl (C=O) groups is 2. The fraction of sp³-hybridized carbons (Fsp3) is 0.292. The van der Waals surface area contributed by atoms with Gasteiger partial charge in [0.25, 0.3) is 0 Å². The first-order valence-corrected chi connectivity index (χ1v) is 10.8. The van der Waals surface area contributed by atoms with Crippen molar-refractivity contribution in [2.45, 2.75) is 33.1 Å². The second kappa shape index (κ2) is 10.8. The van der Waals surface area contributed by atoms with Crippen molar-refractivity contribution in [1.29, 1.82) is 0 Å². The van der Waals surface area contributed by atoms with Gasteiger partial charge in [0.15, 0.2) is 0 Å². The summed E-state index contributed by atoms with van der Waals surface area (Å²) in [7, 11) is 0. The van der Waals surface area contributed by atoms with Gasteiger partial charge in [-0.25, -0.2) is 4.68 Å². The number of hydrogen-bond acceptors (Lipinski definition) is 3. The number of hydrogen-bond donors (Lipinski definition) is 2. The van der Waals surface area contributed by atoms with Gasteiger partial charge >= 0.3 is 0 Å². The molecular weight excluding hydrogens is 412 g/mol. The Morgan fingerprint density at radius 1 is 1.00 bits per heavy atom. The van der Waals surface area contributed by atoms with E-state index >= 15 is 0 Å². The van der Waals surface area contributed by atoms with Gasteiger partial charge in [-0.2, -0.15) is 5.10 Å². The third-order valence-corrected chi connectivity index (χ3v) is 4.99. The standard InChI is InChI=1S/C24H27ClN4O2/c1-17(2)14-15-26-23(30)12-13-24(31)27-22-16-21(18-6-4-3-5-7-18)28-29(22)20-10-8-19(25)9-11-20/h3-11,16-17H,12-15H2,1-2H3,(H,26,30)(H,27,31). The summed E-state index contributed by atoms with van der Waals surface area (Å²) in [5.41, 5.74) is 2.45. The zero-order chi connectivity index (χ0) is 22.2. The number of aromatic nitrogens is 2. The molecule has 0 aliphatic carbocycles. The van der Waals surface area contributed by atoms with Crippen molar-refractivity contribution < 1.29 is 9.59 Å². The lowest BCUT2D eigenvalue weighted by atomic mass is 10.1. The van der Waals surface area contributed by atoms with Crippen molar-refractivity contribution in [2.24, 2.45) is 5.92 Å². The van der Waals surface area contributed by atoms with Crippen molar-refractivity contribution >= 4 is 29.2 Å². The molecule has 0 saturated carbocycles. The third-order valence-electron chi connectivity index (χ3n) is 4.74. The van der Waals surface area contributed by atoms with Gasteiger partial charge in [-0.05, 0) is 36.6 Å². The molecule has 1 aromatic heterocycles. The Morgan fingerprint density at radius 3 is 2.35 bits per heavy atom. The lowest BCUT2D eigenvalue weighted by Gasteiger charge is -2.10. The fourth-order valence-electron chi connectivity index (χ4n) is 3.02. The van der Waals surface area contributed by atoms with Crippen molar-refractivity contribution in [3.8, 4) is 16.9 Å². The van der Waals surface area contributed by atoms with Crippen LogP contribution in [0.3, 0.4) is 0 Å². The maximum atomic E-state index is 12.5. The molecule has 0 radical (unpaired) electrons. The van der Waals surface area contributed by atoms with E-state index in [0.717, 1.165) is 23.4 Å². The van der Waals surface area contributed by atoms with E-state index in [2.05, 4.69) is 29.6 Å². The average molecular weight is 439 g/mol. The molecule has 0 saturated heterocycles. The molecule has 0 unspecified atom stereocenters. The molecule has 31 heavy (non-hydrogen) atoms. The van der Waals surface area contributed by atoms with Gasteiger partial charge < -0.3 is 10.6 Å². The van der Waals surface area contributed by atoms with Crippen molar-refractivity contribution in [3.63, 3.8) is 0 Å². The van der Waals surface area contributed by atoms with Crippen molar-refractivity contribution in [2.75, 3.05) is 11.9 Å². The van der Waals surface area contributed by atoms with Crippen LogP contribution in [-0.4, -0.2) is 28.1 Å². The highest BCUT2D eigenvalue weighted by Gasteiger charge is 2.15. The molecule has 1 heterocycles. The Labute approximate surface area is 187 Å². The van der Waals surface area contributed by atoms with Gasteiger partial charge in [0, 0.05) is 36.0 Å². The van der Waals surface area contributed by atoms with E-state index in [1.165, 1.54) is 0 Å². The SMILES string of the molecule is CC(C)CCNC(=O)CCC(=O)Nc1cc(-c2ccccc2)nn1-c1ccc(Cl)cc1. The zero-order valence-corrected chi connectivity index (χ0v) is 18.5. The highest BCUT2D eigenvalue weighted by atomic mass is 35.5. The van der Waals surface area contributed by atoms with Crippen LogP contribution in [0.4, 0.5) is 5.82 Å². The van der Waals surface area contributed by atoms with E-state index < -0.39 is 0 Å². The molecule has 2 N–H and O–H groups in total. The van der Waals surface area contributed by atoms with Crippen LogP contribution in [-0.2, 0) is 9.59 Å². The largest absolute Gasteiger partial charge is 0.356 e. The quantitative estimate of drug-likeness (QED) is 0.489. The summed E-state index contributed by atoms with van der Waals surface area (Å²) in [5.74, 6) is 0.697. The number of amides is 2. The highest BCUT2D eigenvalue weighted by Crippen LogP contribution is 2.25. The summed E-state index contributed by atoms with van der Waals surface area (Å²) < 4.78 is 1.67. The van der Waals surface area contributed by atoms with E-state index in [1.807, 2.05) is 48.5 Å². The molecule has 0 atom stereocenters. The molecule has 0 bridgehead atoms. The predicted molar refractivity (Wildman–Crippen MR) is 124 cm³/mol. The third kappa shape index (κ3) is 6.69. The normalized spacial score (nSPS) is 10.8. The monoisotopic (exact) mass is 438 g/mol. The van der Waals surface area contributed by atoms with Crippen LogP contribution in [0, 0.1) is 5.92 Å². The van der Waals surface area contributed by atoms with Crippen molar-refractivity contribution in [1.82, 2.24) is 15.1 Å². The molecule has 0 fully saturated rings. The van der Waals surface area contributed by atoms with Gasteiger partial charge in [0.1, 0.15) is 5.82 Å². The van der Waals surface area contributed by atoms with Crippen LogP contribution >= 0.6 is 11.6 Å². The number of anilines is 1. The summed E-state index contributed by atoms with van der Waals surface area (Å²) >= 11 is 6.01. The maximum absolute atomic E-state index is 12.5. The van der Waals surface area contributed by atoms with Gasteiger partial charge in [-0.15, -0.1) is 0 Å². The predicted octanol–water partition coefficient (Wildman–Crippen LogP) is 5.07. The minimum atomic E-state index is -0.242. The van der Waals surface area contributed by atoms with Crippen molar-refractivity contribution in [3.05, 3.63) is 65.7 Å². The number of nitrogens with one attached hydrogen (secondary N) is 2. The second-order valence-corrected chi connectivity index (χ2v) is 8.19. The molecule has 3 aromatic rings. The van der Waals surface area contributed by atoms with Crippen LogP contribution in [0.25, 0.3) is 16.9 Å². The Balaban J connectivity index is 1.71. The lowest BCUT2D eigenvalue weighted by Crippen LogP contribution is -2.26. The highest BCUT2D eigenvalue weighted by molar-refractivity contribution is 6.30. The van der Waals surface area contributed by atoms with Gasteiger partial charge in [-0.1, -0.05) is 55.8 Å². The Morgan fingerprint density at radius 2 is 1.68 bits per heavy atom. The molecule has 6 nitrogen and oxygen atoms in total. The van der Waals surface area contributed by atoms with E-state index in [4.69, 9.17) is 11.6 Å². The smallest absolute Gasteiger partial charge is 0.226 e. The first kappa shape index (κ1) is 22.6. The minimum absolute atomic E-state index is 0.0972. The van der Waals surface area contributed by atoms with E-state index in [0.29, 0.717) is 23.3 Å². The summed E-state index contributed by atoms with van der Waals surface area (Å²) in [6, 6.07) is 18.8. The van der Waals surface area contributed by atoms with E-state index in [1.54, 1.807) is 16.8 Å². The summed E-state index contributed by atoms with van der Waals surface area (Å²) in [4.78, 5) is 24.5. The number of benzene rings is 2. The van der Waals surface area contributed by atoms with Crippen LogP contribution in [0.2, 0.25) is 5.02 Å². The topological polar surface area (TPSA) is 76.0 Å². The molecule has 2 amide bonds. The van der Waals surface area contributed by atoms with Gasteiger partial charge in [0.05, 0.1) is 11.4 Å². The summed E-state index contributed by atoms with van der Waals surface area (Å²) in [5, 5.41) is 11.0. The number of halogens is 1. The second-order valence-electron chi connectivity index (χ2n) is 7.75. The number of carbonyl (C=O) groups excluding carboxylic acids is 2. The van der Waals surface area contributed by atoms with Gasteiger partial charge in [-0.3, -0.25) is 9.59 Å². The average Bonchev–Trinajstić information content (AvgIpc) is 3.17. The van der Waals surface area contributed by atoms with Crippen LogP contribution in [0.15, 0.2) is 60.7 Å². The number of nitrogens with zero attached hydrogens (tertiary/aromatic N) is 2. The van der Waals surface area contributed by atoms with Crippen LogP contribution in [0.5, 0.6) is 0 Å². The summed E-state index contributed by atoms with van der Waals surface area (Å²) in [6.07, 6.45) is 1.16. The Hall–Kier alpha value is -3.12. The van der Waals surface area contributed by atoms with Gasteiger partial charge in [0.2, 0.25) is 11.8 Å². The van der Waals surface area contributed by atoms with E-state index in [9.17, 15) is 9.59 Å². The molecular formula is C24H27ClN4O2. The molecule has 0 aliphatic rings. The molecule has 7 heteroatoms. The minimum Gasteiger partial charge on any atom is -0.356 e. The fourth-order valence-corrected chi connectivity index (χ4v) is 3.15.